The van der Waals surface area contributed by atoms with Crippen LogP contribution in [0, 0.1) is 10.1 Å². The first-order valence-electron chi connectivity index (χ1n) is 8.39. The standard InChI is InChI=1S/C18H21N5O3/c1-20(2)18(24)22-12-10-21(11-13-22)16-9-8-15(23(25)26)17(19-16)14-6-4-3-5-7-14/h3-9H,10-13H2,1-2H3. The van der Waals surface area contributed by atoms with Crippen LogP contribution in [0.3, 0.4) is 0 Å². The van der Waals surface area contributed by atoms with Gasteiger partial charge >= 0.3 is 6.03 Å². The molecular formula is C18H21N5O3. The van der Waals surface area contributed by atoms with Crippen LogP contribution in [0.2, 0.25) is 0 Å². The number of carbonyl (C=O) groups excluding carboxylic acids is 1. The normalized spacial score (nSPS) is 14.2. The maximum absolute atomic E-state index is 12.0. The number of anilines is 1. The zero-order chi connectivity index (χ0) is 18.7. The van der Waals surface area contributed by atoms with Crippen molar-refractivity contribution in [3.8, 4) is 11.3 Å². The Hall–Kier alpha value is -3.16. The summed E-state index contributed by atoms with van der Waals surface area (Å²) in [7, 11) is 3.47. The molecule has 2 heterocycles. The number of pyridine rings is 1. The molecule has 1 aromatic heterocycles. The van der Waals surface area contributed by atoms with Gasteiger partial charge in [0.2, 0.25) is 0 Å². The van der Waals surface area contributed by atoms with Crippen LogP contribution in [0.25, 0.3) is 11.3 Å². The average molecular weight is 355 g/mol. The van der Waals surface area contributed by atoms with Crippen molar-refractivity contribution in [2.45, 2.75) is 0 Å². The molecule has 1 fully saturated rings. The fraction of sp³-hybridized carbons (Fsp3) is 0.333. The van der Waals surface area contributed by atoms with Gasteiger partial charge in [0.15, 0.2) is 5.69 Å². The number of carbonyl (C=O) groups is 1. The van der Waals surface area contributed by atoms with Crippen molar-refractivity contribution in [1.29, 1.82) is 0 Å². The number of hydrogen-bond acceptors (Lipinski definition) is 5. The Labute approximate surface area is 151 Å². The van der Waals surface area contributed by atoms with E-state index in [1.54, 1.807) is 30.0 Å². The molecule has 1 aromatic carbocycles. The second kappa shape index (κ2) is 7.38. The summed E-state index contributed by atoms with van der Waals surface area (Å²) in [5, 5.41) is 11.4. The number of benzene rings is 1. The first-order valence-corrected chi connectivity index (χ1v) is 8.39. The fourth-order valence-electron chi connectivity index (χ4n) is 2.98. The number of hydrogen-bond donors (Lipinski definition) is 0. The highest BCUT2D eigenvalue weighted by Gasteiger charge is 2.25. The van der Waals surface area contributed by atoms with Gasteiger partial charge in [0.25, 0.3) is 5.69 Å². The molecule has 1 saturated heterocycles. The number of nitro groups is 1. The first-order chi connectivity index (χ1) is 12.5. The third kappa shape index (κ3) is 3.58. The monoisotopic (exact) mass is 355 g/mol. The molecular weight excluding hydrogens is 334 g/mol. The van der Waals surface area contributed by atoms with E-state index in [1.165, 1.54) is 6.07 Å². The minimum absolute atomic E-state index is 0.00807. The van der Waals surface area contributed by atoms with E-state index in [2.05, 4.69) is 9.88 Å². The molecule has 2 aromatic rings. The number of nitrogens with zero attached hydrogens (tertiary/aromatic N) is 5. The van der Waals surface area contributed by atoms with E-state index < -0.39 is 4.92 Å². The molecule has 0 N–H and O–H groups in total. The molecule has 3 rings (SSSR count). The number of urea groups is 1. The van der Waals surface area contributed by atoms with Gasteiger partial charge in [0, 0.05) is 51.9 Å². The molecule has 0 radical (unpaired) electrons. The van der Waals surface area contributed by atoms with Crippen molar-refractivity contribution in [2.24, 2.45) is 0 Å². The lowest BCUT2D eigenvalue weighted by Crippen LogP contribution is -2.51. The Morgan fingerprint density at radius 2 is 1.73 bits per heavy atom. The SMILES string of the molecule is CN(C)C(=O)N1CCN(c2ccc([N+](=O)[O-])c(-c3ccccc3)n2)CC1. The van der Waals surface area contributed by atoms with Crippen LogP contribution in [-0.2, 0) is 0 Å². The van der Waals surface area contributed by atoms with Crippen LogP contribution in [-0.4, -0.2) is 66.0 Å². The molecule has 8 heteroatoms. The third-order valence-electron chi connectivity index (χ3n) is 4.36. The van der Waals surface area contributed by atoms with E-state index in [9.17, 15) is 14.9 Å². The molecule has 1 aliphatic heterocycles. The molecule has 26 heavy (non-hydrogen) atoms. The minimum atomic E-state index is -0.410. The van der Waals surface area contributed by atoms with Crippen molar-refractivity contribution in [2.75, 3.05) is 45.2 Å². The highest BCUT2D eigenvalue weighted by Crippen LogP contribution is 2.30. The summed E-state index contributed by atoms with van der Waals surface area (Å²) < 4.78 is 0. The van der Waals surface area contributed by atoms with Gasteiger partial charge in [0.1, 0.15) is 5.82 Å². The maximum atomic E-state index is 12.0. The van der Waals surface area contributed by atoms with Crippen molar-refractivity contribution >= 4 is 17.5 Å². The Bertz CT molecular complexity index is 802. The van der Waals surface area contributed by atoms with Gasteiger partial charge < -0.3 is 14.7 Å². The van der Waals surface area contributed by atoms with Gasteiger partial charge in [-0.15, -0.1) is 0 Å². The Balaban J connectivity index is 1.84. The largest absolute Gasteiger partial charge is 0.353 e. The van der Waals surface area contributed by atoms with Crippen LogP contribution in [0.4, 0.5) is 16.3 Å². The molecule has 0 unspecified atom stereocenters. The predicted octanol–water partition coefficient (Wildman–Crippen LogP) is 2.46. The summed E-state index contributed by atoms with van der Waals surface area (Å²) in [5.74, 6) is 0.686. The Morgan fingerprint density at radius 1 is 1.08 bits per heavy atom. The van der Waals surface area contributed by atoms with Crippen LogP contribution in [0.1, 0.15) is 0 Å². The number of amides is 2. The predicted molar refractivity (Wildman–Crippen MR) is 99.2 cm³/mol. The molecule has 0 atom stereocenters. The number of rotatable bonds is 3. The van der Waals surface area contributed by atoms with Crippen LogP contribution >= 0.6 is 0 Å². The lowest BCUT2D eigenvalue weighted by atomic mass is 10.1. The van der Waals surface area contributed by atoms with E-state index in [0.717, 1.165) is 0 Å². The summed E-state index contributed by atoms with van der Waals surface area (Å²) in [6, 6.07) is 12.3. The van der Waals surface area contributed by atoms with E-state index in [1.807, 2.05) is 30.3 Å². The average Bonchev–Trinajstić information content (AvgIpc) is 2.67. The summed E-state index contributed by atoms with van der Waals surface area (Å²) in [4.78, 5) is 33.0. The molecule has 0 bridgehead atoms. The summed E-state index contributed by atoms with van der Waals surface area (Å²) in [6.45, 7) is 2.46. The molecule has 0 spiro atoms. The summed E-state index contributed by atoms with van der Waals surface area (Å²) in [6.07, 6.45) is 0. The zero-order valence-corrected chi connectivity index (χ0v) is 14.8. The number of aromatic nitrogens is 1. The smallest absolute Gasteiger partial charge is 0.319 e. The van der Waals surface area contributed by atoms with Gasteiger partial charge in [-0.25, -0.2) is 9.78 Å². The second-order valence-corrected chi connectivity index (χ2v) is 6.31. The van der Waals surface area contributed by atoms with Crippen molar-refractivity contribution in [1.82, 2.24) is 14.8 Å². The zero-order valence-electron chi connectivity index (χ0n) is 14.8. The highest BCUT2D eigenvalue weighted by atomic mass is 16.6. The van der Waals surface area contributed by atoms with E-state index in [-0.39, 0.29) is 11.7 Å². The number of piperazine rings is 1. The van der Waals surface area contributed by atoms with E-state index >= 15 is 0 Å². The third-order valence-corrected chi connectivity index (χ3v) is 4.36. The highest BCUT2D eigenvalue weighted by molar-refractivity contribution is 5.74. The van der Waals surface area contributed by atoms with Gasteiger partial charge in [-0.1, -0.05) is 30.3 Å². The van der Waals surface area contributed by atoms with E-state index in [4.69, 9.17) is 0 Å². The molecule has 0 aliphatic carbocycles. The van der Waals surface area contributed by atoms with Crippen molar-refractivity contribution < 1.29 is 9.72 Å². The van der Waals surface area contributed by atoms with Crippen molar-refractivity contribution in [3.05, 3.63) is 52.6 Å². The Kier molecular flexibility index (Phi) is 5.01. The Morgan fingerprint density at radius 3 is 2.31 bits per heavy atom. The summed E-state index contributed by atoms with van der Waals surface area (Å²) in [5.41, 5.74) is 1.06. The van der Waals surface area contributed by atoms with Gasteiger partial charge in [-0.3, -0.25) is 10.1 Å². The topological polar surface area (TPSA) is 82.8 Å². The maximum Gasteiger partial charge on any atom is 0.319 e. The summed E-state index contributed by atoms with van der Waals surface area (Å²) >= 11 is 0. The molecule has 8 nitrogen and oxygen atoms in total. The second-order valence-electron chi connectivity index (χ2n) is 6.31. The molecule has 136 valence electrons. The lowest BCUT2D eigenvalue weighted by Gasteiger charge is -2.36. The lowest BCUT2D eigenvalue weighted by molar-refractivity contribution is -0.384. The molecule has 0 saturated carbocycles. The van der Waals surface area contributed by atoms with Gasteiger partial charge in [0.05, 0.1) is 4.92 Å². The molecule has 2 amide bonds. The van der Waals surface area contributed by atoms with Gasteiger partial charge in [-0.05, 0) is 6.07 Å². The quantitative estimate of drug-likeness (QED) is 0.624. The van der Waals surface area contributed by atoms with Gasteiger partial charge in [-0.2, -0.15) is 0 Å². The van der Waals surface area contributed by atoms with Crippen LogP contribution in [0.5, 0.6) is 0 Å². The van der Waals surface area contributed by atoms with Crippen molar-refractivity contribution in [3.63, 3.8) is 0 Å². The van der Waals surface area contributed by atoms with Crippen LogP contribution in [0.15, 0.2) is 42.5 Å². The fourth-order valence-corrected chi connectivity index (χ4v) is 2.98. The molecule has 1 aliphatic rings. The van der Waals surface area contributed by atoms with E-state index in [0.29, 0.717) is 43.3 Å². The van der Waals surface area contributed by atoms with Crippen LogP contribution < -0.4 is 4.90 Å². The first kappa shape index (κ1) is 17.7. The minimum Gasteiger partial charge on any atom is -0.353 e.